The van der Waals surface area contributed by atoms with Crippen LogP contribution in [0.25, 0.3) is 60.3 Å². The van der Waals surface area contributed by atoms with E-state index in [0.717, 1.165) is 65.5 Å². The summed E-state index contributed by atoms with van der Waals surface area (Å²) in [6.45, 7) is 0. The number of hydrogen-bond acceptors (Lipinski definition) is 3. The first-order chi connectivity index (χ1) is 22.2. The average Bonchev–Trinajstić information content (AvgIpc) is 3.52. The summed E-state index contributed by atoms with van der Waals surface area (Å²) in [4.78, 5) is 10.4. The Kier molecular flexibility index (Phi) is 5.96. The monoisotopic (exact) mass is 611 g/mol. The molecule has 0 spiro atoms. The first-order valence-corrected chi connectivity index (χ1v) is 17.8. The number of rotatable bonds is 4. The van der Waals surface area contributed by atoms with Gasteiger partial charge in [0.25, 0.3) is 0 Å². The predicted octanol–water partition coefficient (Wildman–Crippen LogP) is 8.76. The standard InChI is InChI=1S/C40H26N3PS/c45-44(28-13-3-1-4-14-28,29-15-5-2-6-16-29)40-34-20-10-8-18-31(34)35(26-41-40)27-23-24-32-30-17-7-9-19-33(30)39-42-36-21-11-12-22-37(36)43(39)38(32)25-27/h1-26H. The first kappa shape index (κ1) is 26.3. The van der Waals surface area contributed by atoms with E-state index in [1.165, 1.54) is 10.8 Å². The fraction of sp³-hybridized carbons (Fsp3) is 0. The van der Waals surface area contributed by atoms with Crippen LogP contribution in [0, 0.1) is 0 Å². The third-order valence-electron chi connectivity index (χ3n) is 8.88. The van der Waals surface area contributed by atoms with Crippen LogP contribution in [0.1, 0.15) is 0 Å². The van der Waals surface area contributed by atoms with Crippen molar-refractivity contribution in [2.24, 2.45) is 0 Å². The highest BCUT2D eigenvalue weighted by molar-refractivity contribution is 8.25. The first-order valence-electron chi connectivity index (χ1n) is 15.0. The molecule has 0 N–H and O–H groups in total. The average molecular weight is 612 g/mol. The SMILES string of the molecule is S=P(c1ccccc1)(c1ccccc1)c1ncc(-c2ccc3c4ccccc4c4nc5ccccc5n4c3c2)c2ccccc12. The Balaban J connectivity index is 1.34. The van der Waals surface area contributed by atoms with Gasteiger partial charge in [-0.2, -0.15) is 0 Å². The Labute approximate surface area is 265 Å². The summed E-state index contributed by atoms with van der Waals surface area (Å²) >= 11 is 6.72. The molecular weight excluding hydrogens is 586 g/mol. The normalized spacial score (nSPS) is 12.1. The highest BCUT2D eigenvalue weighted by Crippen LogP contribution is 2.45. The smallest absolute Gasteiger partial charge is 0.146 e. The van der Waals surface area contributed by atoms with E-state index in [1.807, 2.05) is 18.3 Å². The molecule has 3 aromatic heterocycles. The van der Waals surface area contributed by atoms with Crippen LogP contribution in [0.5, 0.6) is 0 Å². The summed E-state index contributed by atoms with van der Waals surface area (Å²) in [5.74, 6) is 0. The molecule has 5 heteroatoms. The zero-order chi connectivity index (χ0) is 30.0. The Hall–Kier alpha value is -5.15. The minimum absolute atomic E-state index is 0.973. The Morgan fingerprint density at radius 3 is 1.84 bits per heavy atom. The Morgan fingerprint density at radius 2 is 1.11 bits per heavy atom. The van der Waals surface area contributed by atoms with Crippen LogP contribution in [0.2, 0.25) is 0 Å². The highest BCUT2D eigenvalue weighted by atomic mass is 32.4. The largest absolute Gasteiger partial charge is 0.292 e. The van der Waals surface area contributed by atoms with Gasteiger partial charge in [0, 0.05) is 27.9 Å². The summed E-state index contributed by atoms with van der Waals surface area (Å²) in [6.07, 6.45) is 2.04. The summed E-state index contributed by atoms with van der Waals surface area (Å²) in [5, 5.41) is 8.08. The van der Waals surface area contributed by atoms with Crippen LogP contribution in [-0.2, 0) is 11.8 Å². The second-order valence-electron chi connectivity index (χ2n) is 11.4. The van der Waals surface area contributed by atoms with E-state index in [0.29, 0.717) is 0 Å². The molecule has 0 unspecified atom stereocenters. The van der Waals surface area contributed by atoms with Crippen molar-refractivity contribution in [3.8, 4) is 11.1 Å². The molecule has 9 aromatic rings. The summed E-state index contributed by atoms with van der Waals surface area (Å²) in [5.41, 5.74) is 7.37. The van der Waals surface area contributed by atoms with Gasteiger partial charge in [0.05, 0.1) is 28.0 Å². The molecule has 212 valence electrons. The summed E-state index contributed by atoms with van der Waals surface area (Å²) in [6, 6.07) is 50.9. The Morgan fingerprint density at radius 1 is 0.511 bits per heavy atom. The number of nitrogens with zero attached hydrogens (tertiary/aromatic N) is 3. The number of imidazole rings is 1. The van der Waals surface area contributed by atoms with E-state index in [4.69, 9.17) is 21.8 Å². The van der Waals surface area contributed by atoms with Crippen LogP contribution in [-0.4, -0.2) is 14.4 Å². The van der Waals surface area contributed by atoms with Crippen molar-refractivity contribution in [2.45, 2.75) is 0 Å². The molecule has 9 rings (SSSR count). The lowest BCUT2D eigenvalue weighted by molar-refractivity contribution is 1.31. The van der Waals surface area contributed by atoms with Gasteiger partial charge in [0.1, 0.15) is 5.65 Å². The van der Waals surface area contributed by atoms with Crippen LogP contribution in [0.15, 0.2) is 158 Å². The number of aromatic nitrogens is 3. The molecule has 3 nitrogen and oxygen atoms in total. The molecule has 0 atom stereocenters. The minimum atomic E-state index is -2.44. The quantitative estimate of drug-likeness (QED) is 0.147. The zero-order valence-corrected chi connectivity index (χ0v) is 25.9. The van der Waals surface area contributed by atoms with Crippen molar-refractivity contribution in [1.29, 1.82) is 0 Å². The van der Waals surface area contributed by atoms with Gasteiger partial charge in [-0.3, -0.25) is 9.38 Å². The molecular formula is C40H26N3PS. The molecule has 0 radical (unpaired) electrons. The maximum Gasteiger partial charge on any atom is 0.146 e. The molecule has 0 amide bonds. The van der Waals surface area contributed by atoms with Crippen molar-refractivity contribution in [1.82, 2.24) is 14.4 Å². The van der Waals surface area contributed by atoms with Gasteiger partial charge in [0.2, 0.25) is 0 Å². The summed E-state index contributed by atoms with van der Waals surface area (Å²) < 4.78 is 2.31. The van der Waals surface area contributed by atoms with E-state index < -0.39 is 6.04 Å². The number of hydrogen-bond donors (Lipinski definition) is 0. The number of fused-ring (bicyclic) bond motifs is 9. The third kappa shape index (κ3) is 3.93. The van der Waals surface area contributed by atoms with E-state index in [2.05, 4.69) is 144 Å². The lowest BCUT2D eigenvalue weighted by atomic mass is 9.98. The van der Waals surface area contributed by atoms with E-state index in [-0.39, 0.29) is 0 Å². The van der Waals surface area contributed by atoms with Gasteiger partial charge in [0.15, 0.2) is 0 Å². The zero-order valence-electron chi connectivity index (χ0n) is 24.2. The fourth-order valence-corrected chi connectivity index (χ4v) is 10.7. The fourth-order valence-electron chi connectivity index (χ4n) is 6.80. The molecule has 45 heavy (non-hydrogen) atoms. The van der Waals surface area contributed by atoms with E-state index in [1.54, 1.807) is 0 Å². The van der Waals surface area contributed by atoms with Gasteiger partial charge in [-0.15, -0.1) is 0 Å². The van der Waals surface area contributed by atoms with Crippen molar-refractivity contribution >= 4 is 83.0 Å². The molecule has 0 aliphatic carbocycles. The summed E-state index contributed by atoms with van der Waals surface area (Å²) in [7, 11) is 0. The molecule has 0 saturated carbocycles. The Bertz CT molecular complexity index is 2580. The highest BCUT2D eigenvalue weighted by Gasteiger charge is 2.29. The van der Waals surface area contributed by atoms with Crippen LogP contribution in [0.3, 0.4) is 0 Å². The van der Waals surface area contributed by atoms with Crippen LogP contribution in [0.4, 0.5) is 0 Å². The van der Waals surface area contributed by atoms with Gasteiger partial charge >= 0.3 is 0 Å². The molecule has 0 aliphatic rings. The number of pyridine rings is 2. The van der Waals surface area contributed by atoms with E-state index in [9.17, 15) is 0 Å². The predicted molar refractivity (Wildman–Crippen MR) is 195 cm³/mol. The topological polar surface area (TPSA) is 30.2 Å². The molecule has 3 heterocycles. The van der Waals surface area contributed by atoms with Gasteiger partial charge in [-0.1, -0.05) is 145 Å². The van der Waals surface area contributed by atoms with Crippen LogP contribution < -0.4 is 16.0 Å². The van der Waals surface area contributed by atoms with E-state index >= 15 is 0 Å². The molecule has 0 bridgehead atoms. The minimum Gasteiger partial charge on any atom is -0.292 e. The maximum atomic E-state index is 6.72. The van der Waals surface area contributed by atoms with Gasteiger partial charge in [-0.05, 0) is 45.1 Å². The third-order valence-corrected chi connectivity index (χ3v) is 13.7. The van der Waals surface area contributed by atoms with Crippen LogP contribution >= 0.6 is 6.04 Å². The maximum absolute atomic E-state index is 6.72. The molecule has 6 aromatic carbocycles. The van der Waals surface area contributed by atoms with Crippen molar-refractivity contribution in [3.63, 3.8) is 0 Å². The second-order valence-corrected chi connectivity index (χ2v) is 15.7. The van der Waals surface area contributed by atoms with Crippen molar-refractivity contribution in [3.05, 3.63) is 158 Å². The molecule has 0 aliphatic heterocycles. The van der Waals surface area contributed by atoms with Crippen molar-refractivity contribution < 1.29 is 0 Å². The second kappa shape index (κ2) is 10.2. The molecule has 0 fully saturated rings. The van der Waals surface area contributed by atoms with Gasteiger partial charge < -0.3 is 0 Å². The molecule has 0 saturated heterocycles. The number of benzene rings is 6. The van der Waals surface area contributed by atoms with Gasteiger partial charge in [-0.25, -0.2) is 4.98 Å². The lowest BCUT2D eigenvalue weighted by Crippen LogP contribution is -2.27. The number of para-hydroxylation sites is 2. The lowest BCUT2D eigenvalue weighted by Gasteiger charge is -2.25. The van der Waals surface area contributed by atoms with Crippen molar-refractivity contribution in [2.75, 3.05) is 0 Å².